The molecule has 21 heavy (non-hydrogen) atoms. The molecule has 0 atom stereocenters. The number of urea groups is 1. The number of nitrogens with zero attached hydrogens (tertiary/aromatic N) is 2. The van der Waals surface area contributed by atoms with Crippen molar-refractivity contribution in [3.05, 3.63) is 29.3 Å². The highest BCUT2D eigenvalue weighted by atomic mass is 35.5. The molecular formula is C13H12ClN3O4. The molecule has 1 aromatic carbocycles. The van der Waals surface area contributed by atoms with E-state index in [4.69, 9.17) is 11.6 Å². The predicted octanol–water partition coefficient (Wildman–Crippen LogP) is 1.53. The second-order valence-corrected chi connectivity index (χ2v) is 5.25. The fourth-order valence-corrected chi connectivity index (χ4v) is 2.46. The van der Waals surface area contributed by atoms with Crippen LogP contribution in [0.2, 0.25) is 5.02 Å². The van der Waals surface area contributed by atoms with Crippen molar-refractivity contribution in [3.8, 4) is 0 Å². The van der Waals surface area contributed by atoms with Gasteiger partial charge in [0.25, 0.3) is 5.91 Å². The van der Waals surface area contributed by atoms with E-state index in [0.717, 1.165) is 4.90 Å². The number of carbonyl (C=O) groups is 3. The van der Waals surface area contributed by atoms with Crippen molar-refractivity contribution in [2.75, 3.05) is 25.0 Å². The van der Waals surface area contributed by atoms with Crippen molar-refractivity contribution in [2.45, 2.75) is 6.04 Å². The number of anilines is 1. The summed E-state index contributed by atoms with van der Waals surface area (Å²) in [7, 11) is 0. The number of imide groups is 1. The average Bonchev–Trinajstić information content (AvgIpc) is 2.69. The molecule has 0 unspecified atom stereocenters. The molecule has 1 aromatic rings. The Hall–Kier alpha value is -2.28. The van der Waals surface area contributed by atoms with Gasteiger partial charge < -0.3 is 15.0 Å². The van der Waals surface area contributed by atoms with E-state index < -0.39 is 6.09 Å². The van der Waals surface area contributed by atoms with Crippen LogP contribution < -0.4 is 5.32 Å². The van der Waals surface area contributed by atoms with E-state index in [1.165, 1.54) is 4.90 Å². The molecular weight excluding hydrogens is 298 g/mol. The minimum absolute atomic E-state index is 0.218. The second-order valence-electron chi connectivity index (χ2n) is 4.82. The van der Waals surface area contributed by atoms with Crippen molar-refractivity contribution in [3.63, 3.8) is 0 Å². The molecule has 0 radical (unpaired) electrons. The highest BCUT2D eigenvalue weighted by molar-refractivity contribution is 6.30. The molecule has 3 rings (SSSR count). The number of nitrogens with one attached hydrogen (secondary N) is 1. The first-order chi connectivity index (χ1) is 10.0. The van der Waals surface area contributed by atoms with Gasteiger partial charge >= 0.3 is 12.1 Å². The molecule has 2 saturated heterocycles. The summed E-state index contributed by atoms with van der Waals surface area (Å²) in [4.78, 5) is 37.4. The van der Waals surface area contributed by atoms with E-state index in [2.05, 4.69) is 10.1 Å². The Bertz CT molecular complexity index is 599. The number of likely N-dealkylation sites (tertiary alicyclic amines) is 1. The standard InChI is InChI=1S/C13H12ClN3O4/c14-8-2-1-3-9(4-8)15-12(19)16-5-10(6-16)17-11(18)7-21-13(17)20/h1-4,10H,5-7H2,(H,15,19). The summed E-state index contributed by atoms with van der Waals surface area (Å²) in [5.74, 6) is -0.361. The van der Waals surface area contributed by atoms with Gasteiger partial charge in [-0.05, 0) is 18.2 Å². The van der Waals surface area contributed by atoms with Crippen molar-refractivity contribution in [1.29, 1.82) is 0 Å². The molecule has 0 saturated carbocycles. The van der Waals surface area contributed by atoms with Gasteiger partial charge in [-0.2, -0.15) is 0 Å². The van der Waals surface area contributed by atoms with Crippen LogP contribution in [0.3, 0.4) is 0 Å². The zero-order chi connectivity index (χ0) is 15.0. The average molecular weight is 310 g/mol. The van der Waals surface area contributed by atoms with Crippen LogP contribution in [-0.2, 0) is 9.53 Å². The summed E-state index contributed by atoms with van der Waals surface area (Å²) < 4.78 is 4.64. The molecule has 2 fully saturated rings. The number of cyclic esters (lactones) is 1. The van der Waals surface area contributed by atoms with Gasteiger partial charge in [-0.25, -0.2) is 14.5 Å². The van der Waals surface area contributed by atoms with Crippen LogP contribution in [0, 0.1) is 0 Å². The van der Waals surface area contributed by atoms with Gasteiger partial charge in [-0.15, -0.1) is 0 Å². The van der Waals surface area contributed by atoms with Crippen LogP contribution in [0.4, 0.5) is 15.3 Å². The van der Waals surface area contributed by atoms with Crippen molar-refractivity contribution >= 4 is 35.3 Å². The number of ether oxygens (including phenoxy) is 1. The number of hydrogen-bond acceptors (Lipinski definition) is 4. The highest BCUT2D eigenvalue weighted by Gasteiger charge is 2.44. The summed E-state index contributed by atoms with van der Waals surface area (Å²) in [6.07, 6.45) is -0.639. The fraction of sp³-hybridized carbons (Fsp3) is 0.308. The quantitative estimate of drug-likeness (QED) is 0.898. The summed E-state index contributed by atoms with van der Waals surface area (Å²) in [6, 6.07) is 6.20. The van der Waals surface area contributed by atoms with Crippen LogP contribution in [0.25, 0.3) is 0 Å². The molecule has 7 nitrogen and oxygen atoms in total. The van der Waals surface area contributed by atoms with Gasteiger partial charge in [0.05, 0.1) is 6.04 Å². The molecule has 0 spiro atoms. The third kappa shape index (κ3) is 2.64. The van der Waals surface area contributed by atoms with E-state index in [1.54, 1.807) is 24.3 Å². The predicted molar refractivity (Wildman–Crippen MR) is 74.0 cm³/mol. The van der Waals surface area contributed by atoms with E-state index in [0.29, 0.717) is 23.8 Å². The Balaban J connectivity index is 1.55. The van der Waals surface area contributed by atoms with Crippen LogP contribution in [0.5, 0.6) is 0 Å². The molecule has 2 heterocycles. The van der Waals surface area contributed by atoms with Gasteiger partial charge in [0, 0.05) is 23.8 Å². The van der Waals surface area contributed by atoms with Crippen molar-refractivity contribution in [1.82, 2.24) is 9.80 Å². The summed E-state index contributed by atoms with van der Waals surface area (Å²) in [5, 5.41) is 3.23. The maximum Gasteiger partial charge on any atom is 0.417 e. The Morgan fingerprint density at radius 1 is 1.33 bits per heavy atom. The molecule has 110 valence electrons. The summed E-state index contributed by atoms with van der Waals surface area (Å²) in [5.41, 5.74) is 0.590. The van der Waals surface area contributed by atoms with Crippen LogP contribution in [-0.4, -0.2) is 53.6 Å². The molecule has 0 aliphatic carbocycles. The monoisotopic (exact) mass is 309 g/mol. The first-order valence-electron chi connectivity index (χ1n) is 6.35. The summed E-state index contributed by atoms with van der Waals surface area (Å²) in [6.45, 7) is 0.379. The minimum Gasteiger partial charge on any atom is -0.439 e. The van der Waals surface area contributed by atoms with E-state index in [9.17, 15) is 14.4 Å². The molecule has 1 N–H and O–H groups in total. The van der Waals surface area contributed by atoms with Gasteiger partial charge in [0.1, 0.15) is 0 Å². The van der Waals surface area contributed by atoms with E-state index in [-0.39, 0.29) is 24.6 Å². The van der Waals surface area contributed by atoms with E-state index in [1.807, 2.05) is 0 Å². The lowest BCUT2D eigenvalue weighted by Gasteiger charge is -2.41. The highest BCUT2D eigenvalue weighted by Crippen LogP contribution is 2.21. The third-order valence-corrected chi connectivity index (χ3v) is 3.61. The summed E-state index contributed by atoms with van der Waals surface area (Å²) >= 11 is 5.84. The Kier molecular flexibility index (Phi) is 3.42. The van der Waals surface area contributed by atoms with Gasteiger partial charge in [0.2, 0.25) is 0 Å². The fourth-order valence-electron chi connectivity index (χ4n) is 2.27. The largest absolute Gasteiger partial charge is 0.439 e. The number of halogens is 1. The Labute approximate surface area is 125 Å². The Morgan fingerprint density at radius 2 is 2.10 bits per heavy atom. The maximum atomic E-state index is 12.0. The van der Waals surface area contributed by atoms with Crippen molar-refractivity contribution in [2.24, 2.45) is 0 Å². The van der Waals surface area contributed by atoms with Crippen LogP contribution >= 0.6 is 11.6 Å². The molecule has 0 aromatic heterocycles. The van der Waals surface area contributed by atoms with E-state index >= 15 is 0 Å². The molecule has 2 aliphatic rings. The number of amides is 4. The normalized spacial score (nSPS) is 18.5. The second kappa shape index (κ2) is 5.25. The zero-order valence-corrected chi connectivity index (χ0v) is 11.7. The number of hydrogen-bond donors (Lipinski definition) is 1. The lowest BCUT2D eigenvalue weighted by Crippen LogP contribution is -2.63. The third-order valence-electron chi connectivity index (χ3n) is 3.38. The number of rotatable bonds is 2. The maximum absolute atomic E-state index is 12.0. The molecule has 0 bridgehead atoms. The van der Waals surface area contributed by atoms with Crippen LogP contribution in [0.15, 0.2) is 24.3 Å². The Morgan fingerprint density at radius 3 is 2.71 bits per heavy atom. The first-order valence-corrected chi connectivity index (χ1v) is 6.73. The number of benzene rings is 1. The van der Waals surface area contributed by atoms with Crippen LogP contribution in [0.1, 0.15) is 0 Å². The minimum atomic E-state index is -0.639. The zero-order valence-electron chi connectivity index (χ0n) is 10.9. The lowest BCUT2D eigenvalue weighted by molar-refractivity contribution is -0.129. The number of carbonyl (C=O) groups excluding carboxylic acids is 3. The molecule has 2 aliphatic heterocycles. The molecule has 8 heteroatoms. The lowest BCUT2D eigenvalue weighted by atomic mass is 10.1. The molecule has 4 amide bonds. The smallest absolute Gasteiger partial charge is 0.417 e. The van der Waals surface area contributed by atoms with Gasteiger partial charge in [-0.3, -0.25) is 4.79 Å². The topological polar surface area (TPSA) is 79.0 Å². The SMILES string of the molecule is O=C(Nc1cccc(Cl)c1)N1CC(N2C(=O)COC2=O)C1. The van der Waals surface area contributed by atoms with Gasteiger partial charge in [-0.1, -0.05) is 17.7 Å². The van der Waals surface area contributed by atoms with Gasteiger partial charge in [0.15, 0.2) is 6.61 Å². The van der Waals surface area contributed by atoms with Crippen molar-refractivity contribution < 1.29 is 19.1 Å². The first kappa shape index (κ1) is 13.7.